The van der Waals surface area contributed by atoms with Gasteiger partial charge in [-0.3, -0.25) is 14.2 Å². The highest BCUT2D eigenvalue weighted by atomic mass is 32.1. The highest BCUT2D eigenvalue weighted by Crippen LogP contribution is 2.36. The number of carbonyl (C=O) groups excluding carboxylic acids is 2. The smallest absolute Gasteiger partial charge is 0.444 e. The van der Waals surface area contributed by atoms with E-state index in [2.05, 4.69) is 15.3 Å². The van der Waals surface area contributed by atoms with E-state index in [9.17, 15) is 27.6 Å². The monoisotopic (exact) mass is 592 g/mol. The minimum absolute atomic E-state index is 0.127. The highest BCUT2D eigenvalue weighted by molar-refractivity contribution is 7.21. The van der Waals surface area contributed by atoms with Crippen LogP contribution in [0, 0.1) is 0 Å². The molecule has 2 aromatic heterocycles. The first kappa shape index (κ1) is 28.8. The molecule has 2 fully saturated rings. The van der Waals surface area contributed by atoms with E-state index in [1.54, 1.807) is 25.7 Å². The maximum Gasteiger partial charge on any atom is 0.449 e. The third-order valence-corrected chi connectivity index (χ3v) is 7.99. The summed E-state index contributed by atoms with van der Waals surface area (Å²) in [5.74, 6) is -1.56. The first-order chi connectivity index (χ1) is 19.3. The Kier molecular flexibility index (Phi) is 7.70. The van der Waals surface area contributed by atoms with E-state index in [-0.39, 0.29) is 40.9 Å². The second-order valence-corrected chi connectivity index (χ2v) is 12.1. The molecule has 1 N–H and O–H groups in total. The molecule has 2 aliphatic heterocycles. The van der Waals surface area contributed by atoms with Gasteiger partial charge in [-0.25, -0.2) is 14.8 Å². The summed E-state index contributed by atoms with van der Waals surface area (Å²) in [6.07, 6.45) is -4.21. The van der Waals surface area contributed by atoms with Crippen molar-refractivity contribution in [2.75, 3.05) is 24.5 Å². The van der Waals surface area contributed by atoms with Gasteiger partial charge < -0.3 is 19.9 Å². The zero-order valence-corrected chi connectivity index (χ0v) is 23.7. The summed E-state index contributed by atoms with van der Waals surface area (Å²) in [6, 6.07) is 7.91. The van der Waals surface area contributed by atoms with Crippen LogP contribution in [-0.2, 0) is 22.3 Å². The van der Waals surface area contributed by atoms with E-state index in [0.29, 0.717) is 30.5 Å². The number of nitrogens with zero attached hydrogens (tertiary/aromatic N) is 5. The first-order valence-corrected chi connectivity index (χ1v) is 14.2. The SMILES string of the molecule is CC(C)(C)OC(=O)N1CC[C@@H](n2c(C(F)(F)F)nc3sc(N4CCC[C@@H]4C(=O)NCc4ccccc4)nc3c2=O)C1. The van der Waals surface area contributed by atoms with Crippen LogP contribution in [0.3, 0.4) is 0 Å². The highest BCUT2D eigenvalue weighted by Gasteiger charge is 2.42. The van der Waals surface area contributed by atoms with Gasteiger partial charge in [0.05, 0.1) is 6.04 Å². The molecule has 0 spiro atoms. The molecule has 0 saturated carbocycles. The van der Waals surface area contributed by atoms with Crippen LogP contribution in [0.1, 0.15) is 57.5 Å². The number of benzene rings is 1. The Bertz CT molecular complexity index is 1500. The van der Waals surface area contributed by atoms with Crippen molar-refractivity contribution in [3.8, 4) is 0 Å². The molecule has 2 atom stereocenters. The Hall–Kier alpha value is -3.68. The average molecular weight is 593 g/mol. The Morgan fingerprint density at radius 1 is 1.10 bits per heavy atom. The lowest BCUT2D eigenvalue weighted by atomic mass is 10.2. The number of rotatable bonds is 5. The standard InChI is InChI=1S/C27H31F3N6O4S/c1-26(2,3)40-25(39)34-13-11-17(15-34)36-22(38)19-21(33-23(36)27(28,29)30)41-24(32-19)35-12-7-10-18(35)20(37)31-14-16-8-5-4-6-9-16/h4-6,8-9,17-18H,7,10-15H2,1-3H3,(H,31,37)/t17-,18-/m1/s1. The number of likely N-dealkylation sites (tertiary alicyclic amines) is 1. The van der Waals surface area contributed by atoms with Crippen molar-refractivity contribution in [2.45, 2.75) is 70.4 Å². The van der Waals surface area contributed by atoms with E-state index in [1.807, 2.05) is 30.3 Å². The van der Waals surface area contributed by atoms with Crippen molar-refractivity contribution in [3.63, 3.8) is 0 Å². The Morgan fingerprint density at radius 2 is 1.83 bits per heavy atom. The third-order valence-electron chi connectivity index (χ3n) is 7.00. The quantitative estimate of drug-likeness (QED) is 0.470. The van der Waals surface area contributed by atoms with E-state index in [4.69, 9.17) is 4.74 Å². The van der Waals surface area contributed by atoms with Gasteiger partial charge in [0.15, 0.2) is 15.5 Å². The van der Waals surface area contributed by atoms with Gasteiger partial charge in [0.1, 0.15) is 11.6 Å². The summed E-state index contributed by atoms with van der Waals surface area (Å²) in [4.78, 5) is 50.2. The van der Waals surface area contributed by atoms with Gasteiger partial charge in [0.2, 0.25) is 11.7 Å². The number of nitrogens with one attached hydrogen (secondary N) is 1. The minimum atomic E-state index is -4.91. The lowest BCUT2D eigenvalue weighted by Gasteiger charge is -2.25. The molecule has 0 aliphatic carbocycles. The summed E-state index contributed by atoms with van der Waals surface area (Å²) in [5.41, 5.74) is -0.951. The molecule has 4 heterocycles. The predicted octanol–water partition coefficient (Wildman–Crippen LogP) is 4.34. The minimum Gasteiger partial charge on any atom is -0.444 e. The normalized spacial score (nSPS) is 19.7. The molecular weight excluding hydrogens is 561 g/mol. The lowest BCUT2D eigenvalue weighted by molar-refractivity contribution is -0.148. The summed E-state index contributed by atoms with van der Waals surface area (Å²) < 4.78 is 48.5. The van der Waals surface area contributed by atoms with Crippen LogP contribution >= 0.6 is 11.3 Å². The summed E-state index contributed by atoms with van der Waals surface area (Å²) in [5, 5.41) is 3.18. The average Bonchev–Trinajstić information content (AvgIpc) is 3.65. The molecule has 10 nitrogen and oxygen atoms in total. The van der Waals surface area contributed by atoms with Crippen LogP contribution in [0.2, 0.25) is 0 Å². The van der Waals surface area contributed by atoms with Gasteiger partial charge in [-0.1, -0.05) is 41.7 Å². The van der Waals surface area contributed by atoms with Gasteiger partial charge in [-0.2, -0.15) is 13.2 Å². The number of halogens is 3. The van der Waals surface area contributed by atoms with Gasteiger partial charge in [0.25, 0.3) is 5.56 Å². The van der Waals surface area contributed by atoms with Crippen molar-refractivity contribution >= 4 is 38.8 Å². The fourth-order valence-corrected chi connectivity index (χ4v) is 6.16. The molecular formula is C27H31F3N6O4S. The van der Waals surface area contributed by atoms with Crippen LogP contribution in [0.25, 0.3) is 10.3 Å². The molecule has 220 valence electrons. The molecule has 14 heteroatoms. The van der Waals surface area contributed by atoms with Gasteiger partial charge in [-0.15, -0.1) is 0 Å². The Morgan fingerprint density at radius 3 is 2.51 bits per heavy atom. The molecule has 2 aliphatic rings. The van der Waals surface area contributed by atoms with Gasteiger partial charge >= 0.3 is 12.3 Å². The number of amides is 2. The number of carbonyl (C=O) groups is 2. The van der Waals surface area contributed by atoms with Crippen LogP contribution in [-0.4, -0.2) is 62.7 Å². The summed E-state index contributed by atoms with van der Waals surface area (Å²) >= 11 is 0.863. The number of thiazole rings is 1. The predicted molar refractivity (Wildman–Crippen MR) is 147 cm³/mol. The van der Waals surface area contributed by atoms with Gasteiger partial charge in [0, 0.05) is 26.2 Å². The Labute approximate surface area is 238 Å². The van der Waals surface area contributed by atoms with E-state index >= 15 is 0 Å². The van der Waals surface area contributed by atoms with Crippen LogP contribution in [0.4, 0.5) is 23.1 Å². The van der Waals surface area contributed by atoms with Crippen molar-refractivity contribution in [1.29, 1.82) is 0 Å². The van der Waals surface area contributed by atoms with Crippen molar-refractivity contribution in [2.24, 2.45) is 0 Å². The number of hydrogen-bond donors (Lipinski definition) is 1. The second kappa shape index (κ2) is 11.0. The van der Waals surface area contributed by atoms with Crippen LogP contribution in [0.15, 0.2) is 35.1 Å². The molecule has 5 rings (SSSR count). The third kappa shape index (κ3) is 6.16. The van der Waals surface area contributed by atoms with Crippen molar-refractivity contribution < 1.29 is 27.5 Å². The zero-order valence-electron chi connectivity index (χ0n) is 22.9. The van der Waals surface area contributed by atoms with E-state index in [1.165, 1.54) is 4.90 Å². The maximum atomic E-state index is 14.2. The number of alkyl halides is 3. The molecule has 0 bridgehead atoms. The summed E-state index contributed by atoms with van der Waals surface area (Å²) in [6.45, 7) is 5.90. The number of aromatic nitrogens is 3. The molecule has 0 unspecified atom stereocenters. The molecule has 2 saturated heterocycles. The van der Waals surface area contributed by atoms with E-state index in [0.717, 1.165) is 16.9 Å². The number of anilines is 1. The second-order valence-electron chi connectivity index (χ2n) is 11.2. The molecule has 0 radical (unpaired) electrons. The Balaban J connectivity index is 1.42. The molecule has 1 aromatic carbocycles. The fraction of sp³-hybridized carbons (Fsp3) is 0.519. The largest absolute Gasteiger partial charge is 0.449 e. The number of hydrogen-bond acceptors (Lipinski definition) is 8. The molecule has 3 aromatic rings. The van der Waals surface area contributed by atoms with Crippen molar-refractivity contribution in [3.05, 3.63) is 52.1 Å². The lowest BCUT2D eigenvalue weighted by Crippen LogP contribution is -2.43. The topological polar surface area (TPSA) is 110 Å². The maximum absolute atomic E-state index is 14.2. The molecule has 41 heavy (non-hydrogen) atoms. The van der Waals surface area contributed by atoms with Gasteiger partial charge in [-0.05, 0) is 45.6 Å². The van der Waals surface area contributed by atoms with Crippen LogP contribution < -0.4 is 15.8 Å². The van der Waals surface area contributed by atoms with E-state index < -0.39 is 41.3 Å². The zero-order chi connectivity index (χ0) is 29.5. The van der Waals surface area contributed by atoms with Crippen molar-refractivity contribution in [1.82, 2.24) is 24.8 Å². The fourth-order valence-electron chi connectivity index (χ4n) is 5.15. The van der Waals surface area contributed by atoms with Crippen LogP contribution in [0.5, 0.6) is 0 Å². The summed E-state index contributed by atoms with van der Waals surface area (Å²) in [7, 11) is 0. The number of ether oxygens (including phenoxy) is 1. The number of fused-ring (bicyclic) bond motifs is 1. The molecule has 2 amide bonds. The first-order valence-electron chi connectivity index (χ1n) is 13.4.